The van der Waals surface area contributed by atoms with Gasteiger partial charge in [0.15, 0.2) is 0 Å². The molecule has 0 atom stereocenters. The summed E-state index contributed by atoms with van der Waals surface area (Å²) in [7, 11) is 0. The quantitative estimate of drug-likeness (QED) is 0.893. The largest absolute Gasteiger partial charge is 0.326 e. The van der Waals surface area contributed by atoms with Crippen LogP contribution in [0.4, 0.5) is 5.69 Å². The Balaban J connectivity index is 2.03. The first kappa shape index (κ1) is 14.3. The number of anilines is 1. The third-order valence-corrected chi connectivity index (χ3v) is 3.51. The van der Waals surface area contributed by atoms with E-state index in [4.69, 9.17) is 5.73 Å². The number of aromatic nitrogens is 2. The maximum atomic E-state index is 12.0. The molecule has 0 aliphatic heterocycles. The zero-order chi connectivity index (χ0) is 14.7. The van der Waals surface area contributed by atoms with Gasteiger partial charge in [0.2, 0.25) is 5.91 Å². The van der Waals surface area contributed by atoms with Crippen LogP contribution >= 0.6 is 0 Å². The van der Waals surface area contributed by atoms with Crippen molar-refractivity contribution < 1.29 is 4.79 Å². The maximum absolute atomic E-state index is 12.0. The number of carbonyl (C=O) groups is 1. The molecule has 0 bridgehead atoms. The number of amides is 1. The molecule has 5 nitrogen and oxygen atoms in total. The molecular formula is C15H20N4O. The van der Waals surface area contributed by atoms with Crippen LogP contribution in [0.1, 0.15) is 22.5 Å². The van der Waals surface area contributed by atoms with E-state index in [2.05, 4.69) is 10.4 Å². The van der Waals surface area contributed by atoms with Gasteiger partial charge >= 0.3 is 0 Å². The van der Waals surface area contributed by atoms with Crippen LogP contribution in [0, 0.1) is 20.8 Å². The fraction of sp³-hybridized carbons (Fsp3) is 0.333. The van der Waals surface area contributed by atoms with Gasteiger partial charge in [-0.2, -0.15) is 5.10 Å². The number of nitrogens with one attached hydrogen (secondary N) is 1. The lowest BCUT2D eigenvalue weighted by molar-refractivity contribution is -0.116. The lowest BCUT2D eigenvalue weighted by Gasteiger charge is -2.07. The molecule has 106 valence electrons. The Kier molecular flexibility index (Phi) is 4.20. The summed E-state index contributed by atoms with van der Waals surface area (Å²) in [5, 5.41) is 7.22. The van der Waals surface area contributed by atoms with Crippen LogP contribution < -0.4 is 11.1 Å². The van der Waals surface area contributed by atoms with E-state index in [1.807, 2.05) is 45.0 Å². The van der Waals surface area contributed by atoms with E-state index in [-0.39, 0.29) is 12.5 Å². The molecule has 0 saturated heterocycles. The molecule has 1 aromatic carbocycles. The zero-order valence-corrected chi connectivity index (χ0v) is 12.1. The summed E-state index contributed by atoms with van der Waals surface area (Å²) in [4.78, 5) is 12.0. The van der Waals surface area contributed by atoms with Crippen molar-refractivity contribution >= 4 is 11.6 Å². The number of nitrogens with zero attached hydrogens (tertiary/aromatic N) is 2. The van der Waals surface area contributed by atoms with Crippen molar-refractivity contribution in [1.82, 2.24) is 9.78 Å². The predicted molar refractivity (Wildman–Crippen MR) is 79.4 cm³/mol. The molecule has 1 amide bonds. The second-order valence-corrected chi connectivity index (χ2v) is 4.90. The molecule has 3 N–H and O–H groups in total. The minimum absolute atomic E-state index is 0.0869. The van der Waals surface area contributed by atoms with Crippen LogP contribution in [0.3, 0.4) is 0 Å². The minimum atomic E-state index is -0.0869. The minimum Gasteiger partial charge on any atom is -0.326 e. The summed E-state index contributed by atoms with van der Waals surface area (Å²) in [5.74, 6) is -0.0869. The van der Waals surface area contributed by atoms with E-state index in [9.17, 15) is 4.79 Å². The monoisotopic (exact) mass is 272 g/mol. The fourth-order valence-corrected chi connectivity index (χ4v) is 2.00. The summed E-state index contributed by atoms with van der Waals surface area (Å²) in [6.45, 7) is 6.65. The molecule has 0 unspecified atom stereocenters. The van der Waals surface area contributed by atoms with Crippen molar-refractivity contribution in [2.24, 2.45) is 5.73 Å². The summed E-state index contributed by atoms with van der Waals surface area (Å²) in [5.41, 5.74) is 10.5. The Bertz CT molecular complexity index is 614. The lowest BCUT2D eigenvalue weighted by Crippen LogP contribution is -2.20. The molecule has 0 saturated carbocycles. The molecule has 0 fully saturated rings. The number of nitrogens with two attached hydrogens (primary N) is 1. The first-order valence-electron chi connectivity index (χ1n) is 6.60. The van der Waals surface area contributed by atoms with E-state index in [1.54, 1.807) is 4.68 Å². The molecule has 2 rings (SSSR count). The second-order valence-electron chi connectivity index (χ2n) is 4.90. The molecule has 5 heteroatoms. The molecular weight excluding hydrogens is 252 g/mol. The molecule has 20 heavy (non-hydrogen) atoms. The third-order valence-electron chi connectivity index (χ3n) is 3.51. The van der Waals surface area contributed by atoms with Crippen LogP contribution in [-0.4, -0.2) is 15.7 Å². The first-order valence-corrected chi connectivity index (χ1v) is 6.60. The highest BCUT2D eigenvalue weighted by Crippen LogP contribution is 2.12. The number of hydrogen-bond donors (Lipinski definition) is 2. The second kappa shape index (κ2) is 5.88. The van der Waals surface area contributed by atoms with Crippen LogP contribution in [-0.2, 0) is 17.9 Å². The van der Waals surface area contributed by atoms with Gasteiger partial charge in [0.05, 0.1) is 5.69 Å². The van der Waals surface area contributed by atoms with Gasteiger partial charge in [-0.15, -0.1) is 0 Å². The van der Waals surface area contributed by atoms with Crippen molar-refractivity contribution in [1.29, 1.82) is 0 Å². The molecule has 2 aromatic rings. The average Bonchev–Trinajstić information content (AvgIpc) is 2.67. The molecule has 0 radical (unpaired) electrons. The van der Waals surface area contributed by atoms with Crippen molar-refractivity contribution in [3.05, 3.63) is 46.8 Å². The van der Waals surface area contributed by atoms with Gasteiger partial charge in [-0.3, -0.25) is 9.48 Å². The van der Waals surface area contributed by atoms with Crippen LogP contribution in [0.25, 0.3) is 0 Å². The molecule has 1 heterocycles. The smallest absolute Gasteiger partial charge is 0.246 e. The SMILES string of the molecule is Cc1nn(CC(=O)Nc2ccc(CN)cc2)c(C)c1C. The van der Waals surface area contributed by atoms with Gasteiger partial charge in [0.25, 0.3) is 0 Å². The Morgan fingerprint density at radius 3 is 2.40 bits per heavy atom. The van der Waals surface area contributed by atoms with E-state index in [0.29, 0.717) is 6.54 Å². The van der Waals surface area contributed by atoms with E-state index in [1.165, 1.54) is 0 Å². The standard InChI is InChI=1S/C15H20N4O/c1-10-11(2)18-19(12(10)3)9-15(20)17-14-6-4-13(8-16)5-7-14/h4-7H,8-9,16H2,1-3H3,(H,17,20). The topological polar surface area (TPSA) is 72.9 Å². The number of hydrogen-bond acceptors (Lipinski definition) is 3. The van der Waals surface area contributed by atoms with E-state index < -0.39 is 0 Å². The number of benzene rings is 1. The predicted octanol–water partition coefficient (Wildman–Crippen LogP) is 1.91. The van der Waals surface area contributed by atoms with Crippen molar-refractivity contribution in [3.8, 4) is 0 Å². The maximum Gasteiger partial charge on any atom is 0.246 e. The summed E-state index contributed by atoms with van der Waals surface area (Å²) in [6.07, 6.45) is 0. The van der Waals surface area contributed by atoms with E-state index in [0.717, 1.165) is 28.2 Å². The Labute approximate surface area is 118 Å². The summed E-state index contributed by atoms with van der Waals surface area (Å²) in [6, 6.07) is 7.52. The Morgan fingerprint density at radius 1 is 1.25 bits per heavy atom. The van der Waals surface area contributed by atoms with Gasteiger partial charge in [0, 0.05) is 17.9 Å². The molecule has 0 aliphatic carbocycles. The lowest BCUT2D eigenvalue weighted by atomic mass is 10.2. The van der Waals surface area contributed by atoms with Gasteiger partial charge < -0.3 is 11.1 Å². The number of rotatable bonds is 4. The first-order chi connectivity index (χ1) is 9.51. The highest BCUT2D eigenvalue weighted by molar-refractivity contribution is 5.90. The highest BCUT2D eigenvalue weighted by atomic mass is 16.2. The van der Waals surface area contributed by atoms with E-state index >= 15 is 0 Å². The van der Waals surface area contributed by atoms with Crippen LogP contribution in [0.15, 0.2) is 24.3 Å². The van der Waals surface area contributed by atoms with Crippen molar-refractivity contribution in [3.63, 3.8) is 0 Å². The average molecular weight is 272 g/mol. The Hall–Kier alpha value is -2.14. The van der Waals surface area contributed by atoms with Crippen LogP contribution in [0.5, 0.6) is 0 Å². The molecule has 0 spiro atoms. The number of carbonyl (C=O) groups excluding carboxylic acids is 1. The fourth-order valence-electron chi connectivity index (χ4n) is 2.00. The van der Waals surface area contributed by atoms with Crippen molar-refractivity contribution in [2.75, 3.05) is 5.32 Å². The summed E-state index contributed by atoms with van der Waals surface area (Å²) >= 11 is 0. The van der Waals surface area contributed by atoms with Gasteiger partial charge in [-0.25, -0.2) is 0 Å². The van der Waals surface area contributed by atoms with Crippen molar-refractivity contribution in [2.45, 2.75) is 33.9 Å². The number of aryl methyl sites for hydroxylation is 1. The van der Waals surface area contributed by atoms with Crippen LogP contribution in [0.2, 0.25) is 0 Å². The highest BCUT2D eigenvalue weighted by Gasteiger charge is 2.10. The van der Waals surface area contributed by atoms with Gasteiger partial charge in [-0.05, 0) is 44.0 Å². The third kappa shape index (κ3) is 3.05. The normalized spacial score (nSPS) is 10.6. The van der Waals surface area contributed by atoms with Gasteiger partial charge in [0.1, 0.15) is 6.54 Å². The van der Waals surface area contributed by atoms with Gasteiger partial charge in [-0.1, -0.05) is 12.1 Å². The summed E-state index contributed by atoms with van der Waals surface area (Å²) < 4.78 is 1.73. The zero-order valence-electron chi connectivity index (χ0n) is 12.1. The Morgan fingerprint density at radius 2 is 1.90 bits per heavy atom. The molecule has 1 aromatic heterocycles. The molecule has 0 aliphatic rings.